The molecule has 2 N–H and O–H groups in total. The summed E-state index contributed by atoms with van der Waals surface area (Å²) in [6.07, 6.45) is 1.98. The highest BCUT2D eigenvalue weighted by Gasteiger charge is 2.37. The lowest BCUT2D eigenvalue weighted by Crippen LogP contribution is -2.43. The van der Waals surface area contributed by atoms with Crippen LogP contribution in [-0.2, 0) is 11.2 Å². The van der Waals surface area contributed by atoms with Crippen LogP contribution in [0.5, 0.6) is 0 Å². The molecule has 9 nitrogen and oxygen atoms in total. The molecular formula is C19H17N5O4. The van der Waals surface area contributed by atoms with E-state index in [1.807, 2.05) is 12.1 Å². The third-order valence-electron chi connectivity index (χ3n) is 4.90. The predicted molar refractivity (Wildman–Crippen MR) is 98.3 cm³/mol. The Bertz CT molecular complexity index is 1110. The van der Waals surface area contributed by atoms with Crippen LogP contribution in [0.15, 0.2) is 47.4 Å². The first-order valence-corrected chi connectivity index (χ1v) is 8.69. The molecule has 3 heterocycles. The minimum absolute atomic E-state index is 0.290. The third kappa shape index (κ3) is 2.86. The van der Waals surface area contributed by atoms with Gasteiger partial charge in [0.25, 0.3) is 11.5 Å². The molecule has 1 amide bonds. The van der Waals surface area contributed by atoms with E-state index in [0.717, 1.165) is 5.56 Å². The summed E-state index contributed by atoms with van der Waals surface area (Å²) < 4.78 is 1.43. The number of H-pyrrole nitrogens is 1. The molecule has 0 aliphatic carbocycles. The Hall–Kier alpha value is -3.75. The zero-order chi connectivity index (χ0) is 19.8. The standard InChI is InChI=1S/C19H17N5O4/c1-11-14(10-20-24(11)15-6-7-16(25)22-21-15)18(26)23-9-8-12-4-2-3-5-13(12)17(23)19(27)28/h2-7,10,17H,8-9H2,1H3,(H,22,25)(H,27,28). The molecule has 3 aromatic rings. The van der Waals surface area contributed by atoms with Crippen molar-refractivity contribution in [3.8, 4) is 5.82 Å². The van der Waals surface area contributed by atoms with E-state index in [1.165, 1.54) is 27.9 Å². The first-order valence-electron chi connectivity index (χ1n) is 8.69. The monoisotopic (exact) mass is 379 g/mol. The van der Waals surface area contributed by atoms with Gasteiger partial charge in [-0.25, -0.2) is 14.6 Å². The van der Waals surface area contributed by atoms with E-state index in [2.05, 4.69) is 15.3 Å². The molecule has 1 atom stereocenters. The van der Waals surface area contributed by atoms with E-state index in [9.17, 15) is 19.5 Å². The maximum Gasteiger partial charge on any atom is 0.331 e. The van der Waals surface area contributed by atoms with Crippen molar-refractivity contribution in [2.75, 3.05) is 6.54 Å². The second kappa shape index (κ2) is 6.76. The third-order valence-corrected chi connectivity index (χ3v) is 4.90. The van der Waals surface area contributed by atoms with Gasteiger partial charge in [-0.3, -0.25) is 9.59 Å². The lowest BCUT2D eigenvalue weighted by molar-refractivity contribution is -0.143. The summed E-state index contributed by atoms with van der Waals surface area (Å²) in [6, 6.07) is 9.02. The largest absolute Gasteiger partial charge is 0.479 e. The summed E-state index contributed by atoms with van der Waals surface area (Å²) >= 11 is 0. The zero-order valence-electron chi connectivity index (χ0n) is 15.0. The fourth-order valence-corrected chi connectivity index (χ4v) is 3.51. The normalized spacial score (nSPS) is 15.9. The van der Waals surface area contributed by atoms with Gasteiger partial charge >= 0.3 is 5.97 Å². The first kappa shape index (κ1) is 17.7. The van der Waals surface area contributed by atoms with Gasteiger partial charge in [-0.1, -0.05) is 24.3 Å². The summed E-state index contributed by atoms with van der Waals surface area (Å²) in [6.45, 7) is 2.00. The molecule has 0 fully saturated rings. The van der Waals surface area contributed by atoms with Crippen LogP contribution in [0.3, 0.4) is 0 Å². The van der Waals surface area contributed by atoms with Crippen LogP contribution < -0.4 is 5.56 Å². The molecule has 2 aromatic heterocycles. The lowest BCUT2D eigenvalue weighted by atomic mass is 9.92. The smallest absolute Gasteiger partial charge is 0.331 e. The molecule has 0 spiro atoms. The van der Waals surface area contributed by atoms with E-state index >= 15 is 0 Å². The minimum Gasteiger partial charge on any atom is -0.479 e. The molecule has 0 radical (unpaired) electrons. The minimum atomic E-state index is -1.08. The second-order valence-corrected chi connectivity index (χ2v) is 6.52. The first-order chi connectivity index (χ1) is 13.5. The summed E-state index contributed by atoms with van der Waals surface area (Å²) in [7, 11) is 0. The van der Waals surface area contributed by atoms with Gasteiger partial charge in [-0.05, 0) is 30.5 Å². The molecule has 1 aromatic carbocycles. The number of rotatable bonds is 3. The van der Waals surface area contributed by atoms with Crippen LogP contribution in [0.4, 0.5) is 0 Å². The van der Waals surface area contributed by atoms with Gasteiger partial charge < -0.3 is 10.0 Å². The van der Waals surface area contributed by atoms with Crippen molar-refractivity contribution in [1.82, 2.24) is 24.9 Å². The molecule has 0 bridgehead atoms. The Balaban J connectivity index is 1.71. The van der Waals surface area contributed by atoms with Crippen molar-refractivity contribution in [2.24, 2.45) is 0 Å². The van der Waals surface area contributed by atoms with Gasteiger partial charge in [0.15, 0.2) is 11.9 Å². The SMILES string of the molecule is Cc1c(C(=O)N2CCc3ccccc3C2C(=O)O)cnn1-c1ccc(=O)[nH]n1. The van der Waals surface area contributed by atoms with Gasteiger partial charge in [0.05, 0.1) is 17.5 Å². The number of fused-ring (bicyclic) bond motifs is 1. The average molecular weight is 379 g/mol. The summed E-state index contributed by atoms with van der Waals surface area (Å²) in [4.78, 5) is 37.7. The second-order valence-electron chi connectivity index (χ2n) is 6.52. The van der Waals surface area contributed by atoms with E-state index in [1.54, 1.807) is 19.1 Å². The molecule has 28 heavy (non-hydrogen) atoms. The highest BCUT2D eigenvalue weighted by atomic mass is 16.4. The maximum atomic E-state index is 13.2. The molecule has 1 aliphatic heterocycles. The van der Waals surface area contributed by atoms with Crippen LogP contribution in [0.25, 0.3) is 5.82 Å². The number of hydrogen-bond donors (Lipinski definition) is 2. The van der Waals surface area contributed by atoms with Crippen molar-refractivity contribution >= 4 is 11.9 Å². The van der Waals surface area contributed by atoms with Gasteiger partial charge in [-0.15, -0.1) is 0 Å². The average Bonchev–Trinajstić information content (AvgIpc) is 3.08. The topological polar surface area (TPSA) is 121 Å². The number of nitrogens with zero attached hydrogens (tertiary/aromatic N) is 4. The highest BCUT2D eigenvalue weighted by Crippen LogP contribution is 2.31. The maximum absolute atomic E-state index is 13.2. The van der Waals surface area contributed by atoms with Crippen molar-refractivity contribution in [3.63, 3.8) is 0 Å². The van der Waals surface area contributed by atoms with Crippen molar-refractivity contribution in [2.45, 2.75) is 19.4 Å². The van der Waals surface area contributed by atoms with Crippen molar-refractivity contribution < 1.29 is 14.7 Å². The van der Waals surface area contributed by atoms with Crippen LogP contribution in [-0.4, -0.2) is 48.4 Å². The number of carboxylic acid groups (broad SMARTS) is 1. The fourth-order valence-electron chi connectivity index (χ4n) is 3.51. The molecular weight excluding hydrogens is 362 g/mol. The van der Waals surface area contributed by atoms with Gasteiger partial charge in [0.2, 0.25) is 0 Å². The predicted octanol–water partition coefficient (Wildman–Crippen LogP) is 1.09. The number of aromatic nitrogens is 4. The van der Waals surface area contributed by atoms with Gasteiger partial charge in [-0.2, -0.15) is 10.2 Å². The summed E-state index contributed by atoms with van der Waals surface area (Å²) in [5.74, 6) is -1.13. The Kier molecular flexibility index (Phi) is 4.26. The van der Waals surface area contributed by atoms with Crippen molar-refractivity contribution in [3.05, 3.63) is 75.3 Å². The number of amides is 1. The van der Waals surface area contributed by atoms with Crippen molar-refractivity contribution in [1.29, 1.82) is 0 Å². The number of hydrogen-bond acceptors (Lipinski definition) is 5. The Morgan fingerprint density at radius 2 is 2.00 bits per heavy atom. The Morgan fingerprint density at radius 1 is 1.21 bits per heavy atom. The molecule has 1 aliphatic rings. The molecule has 0 saturated heterocycles. The number of carbonyl (C=O) groups excluding carboxylic acids is 1. The molecule has 9 heteroatoms. The van der Waals surface area contributed by atoms with E-state index in [0.29, 0.717) is 35.6 Å². The van der Waals surface area contributed by atoms with Crippen LogP contribution in [0, 0.1) is 6.92 Å². The number of benzene rings is 1. The fraction of sp³-hybridized carbons (Fsp3) is 0.211. The quantitative estimate of drug-likeness (QED) is 0.703. The summed E-state index contributed by atoms with van der Waals surface area (Å²) in [5.41, 5.74) is 2.01. The van der Waals surface area contributed by atoms with Gasteiger partial charge in [0.1, 0.15) is 0 Å². The molecule has 142 valence electrons. The number of carboxylic acids is 1. The number of nitrogens with one attached hydrogen (secondary N) is 1. The molecule has 0 saturated carbocycles. The van der Waals surface area contributed by atoms with Crippen LogP contribution >= 0.6 is 0 Å². The lowest BCUT2D eigenvalue weighted by Gasteiger charge is -2.34. The van der Waals surface area contributed by atoms with Crippen LogP contribution in [0.2, 0.25) is 0 Å². The van der Waals surface area contributed by atoms with E-state index < -0.39 is 17.9 Å². The van der Waals surface area contributed by atoms with Gasteiger partial charge in [0, 0.05) is 12.6 Å². The number of aromatic amines is 1. The van der Waals surface area contributed by atoms with Crippen LogP contribution in [0.1, 0.15) is 33.2 Å². The molecule has 4 rings (SSSR count). The molecule has 1 unspecified atom stereocenters. The zero-order valence-corrected chi connectivity index (χ0v) is 15.0. The Morgan fingerprint density at radius 3 is 2.71 bits per heavy atom. The van der Waals surface area contributed by atoms with E-state index in [-0.39, 0.29) is 5.56 Å². The summed E-state index contributed by atoms with van der Waals surface area (Å²) in [5, 5.41) is 20.2. The highest BCUT2D eigenvalue weighted by molar-refractivity contribution is 5.98. The van der Waals surface area contributed by atoms with E-state index in [4.69, 9.17) is 0 Å². The Labute approximate surface area is 159 Å². The number of carbonyl (C=O) groups is 2. The number of aliphatic carboxylic acids is 1.